The largest absolute Gasteiger partial charge is 0.331 e. The summed E-state index contributed by atoms with van der Waals surface area (Å²) >= 11 is 0. The van der Waals surface area contributed by atoms with E-state index in [2.05, 4.69) is 15.3 Å². The number of rotatable bonds is 3. The monoisotopic (exact) mass is 364 g/mol. The Morgan fingerprint density at radius 3 is 2.59 bits per heavy atom. The van der Waals surface area contributed by atoms with Gasteiger partial charge in [0.2, 0.25) is 0 Å². The Labute approximate surface area is 161 Å². The van der Waals surface area contributed by atoms with Crippen molar-refractivity contribution >= 4 is 22.5 Å². The number of carbonyl (C=O) groups is 1. The summed E-state index contributed by atoms with van der Waals surface area (Å²) in [5, 5.41) is 4.12. The fraction of sp³-hybridized carbons (Fsp3) is 0.0952. The zero-order valence-electron chi connectivity index (χ0n) is 18.6. The van der Waals surface area contributed by atoms with Crippen molar-refractivity contribution < 1.29 is 14.7 Å². The number of pyridine rings is 1. The van der Waals surface area contributed by atoms with Crippen molar-refractivity contribution in [1.82, 2.24) is 14.5 Å². The molecule has 1 amide bonds. The number of imidazole rings is 1. The molecule has 0 fully saturated rings. The lowest BCUT2D eigenvalue weighted by atomic mass is 10.1. The van der Waals surface area contributed by atoms with Crippen molar-refractivity contribution in [2.24, 2.45) is 7.05 Å². The van der Waals surface area contributed by atoms with Gasteiger partial charge in [0.05, 0.1) is 17.4 Å². The van der Waals surface area contributed by atoms with Crippen molar-refractivity contribution in [2.75, 3.05) is 5.32 Å². The number of aryl methyl sites for hydroxylation is 1. The van der Waals surface area contributed by atoms with E-state index < -0.39 is 41.5 Å². The van der Waals surface area contributed by atoms with Crippen LogP contribution < -0.4 is 5.32 Å². The second-order valence-corrected chi connectivity index (χ2v) is 6.02. The van der Waals surface area contributed by atoms with Crippen LogP contribution in [0.3, 0.4) is 0 Å². The summed E-state index contributed by atoms with van der Waals surface area (Å²) in [5.74, 6) is -1.16. The first-order valence-electron chi connectivity index (χ1n) is 10.1. The number of hydrogen-bond acceptors (Lipinski definition) is 3. The molecule has 6 heteroatoms. The molecule has 0 saturated heterocycles. The first kappa shape index (κ1) is 12.8. The van der Waals surface area contributed by atoms with Crippen LogP contribution >= 0.6 is 0 Å². The highest BCUT2D eigenvalue weighted by Crippen LogP contribution is 2.26. The van der Waals surface area contributed by atoms with Crippen LogP contribution in [0, 0.1) is 12.7 Å². The zero-order valence-corrected chi connectivity index (χ0v) is 14.6. The lowest BCUT2D eigenvalue weighted by Crippen LogP contribution is -2.12. The third-order valence-corrected chi connectivity index (χ3v) is 4.30. The van der Waals surface area contributed by atoms with Gasteiger partial charge in [-0.2, -0.15) is 0 Å². The number of hydrogen-bond donors (Lipinski definition) is 1. The Hall–Kier alpha value is -3.54. The van der Waals surface area contributed by atoms with Gasteiger partial charge in [0.15, 0.2) is 0 Å². The molecule has 0 radical (unpaired) electrons. The Bertz CT molecular complexity index is 1340. The lowest BCUT2D eigenvalue weighted by Gasteiger charge is -2.08. The van der Waals surface area contributed by atoms with E-state index in [1.165, 1.54) is 0 Å². The van der Waals surface area contributed by atoms with E-state index in [0.717, 1.165) is 27.9 Å². The molecule has 2 aromatic carbocycles. The Balaban J connectivity index is 1.71. The maximum atomic E-state index is 13.7. The number of halogens is 1. The minimum absolute atomic E-state index is 0.164. The highest BCUT2D eigenvalue weighted by Gasteiger charge is 2.09. The number of nitrogens with zero attached hydrogens (tertiary/aromatic N) is 3. The van der Waals surface area contributed by atoms with E-state index in [1.54, 1.807) is 18.5 Å². The summed E-state index contributed by atoms with van der Waals surface area (Å²) in [6.07, 6.45) is 3.35. The van der Waals surface area contributed by atoms with Gasteiger partial charge in [0.1, 0.15) is 17.5 Å². The quantitative estimate of drug-likeness (QED) is 0.588. The molecule has 0 spiro atoms. The predicted octanol–water partition coefficient (Wildman–Crippen LogP) is 4.34. The second-order valence-electron chi connectivity index (χ2n) is 6.02. The Kier molecular flexibility index (Phi) is 3.14. The molecule has 5 nitrogen and oxygen atoms in total. The first-order chi connectivity index (χ1) is 14.7. The molecule has 134 valence electrons. The summed E-state index contributed by atoms with van der Waals surface area (Å²) < 4.78 is 46.5. The molecule has 4 aromatic rings. The van der Waals surface area contributed by atoms with E-state index in [4.69, 9.17) is 5.48 Å². The van der Waals surface area contributed by atoms with Crippen molar-refractivity contribution in [3.05, 3.63) is 78.0 Å². The minimum Gasteiger partial charge on any atom is -0.331 e. The average Bonchev–Trinajstić information content (AvgIpc) is 3.09. The maximum absolute atomic E-state index is 13.7. The van der Waals surface area contributed by atoms with Crippen LogP contribution in [0.15, 0.2) is 60.8 Å². The highest BCUT2D eigenvalue weighted by molar-refractivity contribution is 6.04. The summed E-state index contributed by atoms with van der Waals surface area (Å²) in [7, 11) is 1.92. The SMILES string of the molecule is [2H]c1c([2H])c(C(=O)Nc2cc3cc(-c4cnc(C)n4C)ccc3cn2)c([2H])c([2H])c1F. The zero-order chi connectivity index (χ0) is 22.4. The predicted molar refractivity (Wildman–Crippen MR) is 103 cm³/mol. The molecular formula is C21H17FN4O. The van der Waals surface area contributed by atoms with Crippen LogP contribution in [0.25, 0.3) is 22.0 Å². The summed E-state index contributed by atoms with van der Waals surface area (Å²) in [6.45, 7) is 1.91. The third kappa shape index (κ3) is 3.29. The van der Waals surface area contributed by atoms with Crippen LogP contribution in [-0.4, -0.2) is 20.4 Å². The normalized spacial score (nSPS) is 13.0. The number of fused-ring (bicyclic) bond motifs is 1. The Morgan fingerprint density at radius 2 is 1.89 bits per heavy atom. The van der Waals surface area contributed by atoms with Gasteiger partial charge in [-0.15, -0.1) is 0 Å². The molecule has 27 heavy (non-hydrogen) atoms. The number of anilines is 1. The van der Waals surface area contributed by atoms with E-state index >= 15 is 0 Å². The molecule has 0 saturated carbocycles. The molecule has 0 aliphatic rings. The van der Waals surface area contributed by atoms with E-state index in [0.29, 0.717) is 0 Å². The van der Waals surface area contributed by atoms with Crippen molar-refractivity contribution in [3.63, 3.8) is 0 Å². The van der Waals surface area contributed by atoms with Crippen LogP contribution in [-0.2, 0) is 7.05 Å². The third-order valence-electron chi connectivity index (χ3n) is 4.30. The fourth-order valence-corrected chi connectivity index (χ4v) is 2.73. The number of benzene rings is 2. The van der Waals surface area contributed by atoms with Gasteiger partial charge in [-0.05, 0) is 48.6 Å². The molecule has 1 N–H and O–H groups in total. The molecule has 0 unspecified atom stereocenters. The van der Waals surface area contributed by atoms with Crippen LogP contribution in [0.2, 0.25) is 0 Å². The highest BCUT2D eigenvalue weighted by atomic mass is 19.1. The lowest BCUT2D eigenvalue weighted by molar-refractivity contribution is 0.102. The molecule has 0 bridgehead atoms. The summed E-state index contributed by atoms with van der Waals surface area (Å²) in [6, 6.07) is 4.13. The second kappa shape index (κ2) is 6.64. The van der Waals surface area contributed by atoms with Crippen LogP contribution in [0.5, 0.6) is 0 Å². The van der Waals surface area contributed by atoms with Crippen LogP contribution in [0.1, 0.15) is 21.7 Å². The number of amides is 1. The molecule has 0 atom stereocenters. The number of aromatic nitrogens is 3. The van der Waals surface area contributed by atoms with E-state index in [1.807, 2.05) is 36.7 Å². The smallest absolute Gasteiger partial charge is 0.256 e. The van der Waals surface area contributed by atoms with Crippen molar-refractivity contribution in [2.45, 2.75) is 6.92 Å². The van der Waals surface area contributed by atoms with E-state index in [9.17, 15) is 9.18 Å². The van der Waals surface area contributed by atoms with Gasteiger partial charge in [0.25, 0.3) is 5.91 Å². The fourth-order valence-electron chi connectivity index (χ4n) is 2.73. The van der Waals surface area contributed by atoms with Gasteiger partial charge in [-0.1, -0.05) is 12.1 Å². The summed E-state index contributed by atoms with van der Waals surface area (Å²) in [4.78, 5) is 21.1. The molecule has 2 aromatic heterocycles. The first-order valence-corrected chi connectivity index (χ1v) is 8.14. The van der Waals surface area contributed by atoms with E-state index in [-0.39, 0.29) is 5.82 Å². The number of nitrogens with one attached hydrogen (secondary N) is 1. The average molecular weight is 364 g/mol. The molecule has 2 heterocycles. The van der Waals surface area contributed by atoms with Gasteiger partial charge in [-0.25, -0.2) is 14.4 Å². The Morgan fingerprint density at radius 1 is 1.11 bits per heavy atom. The van der Waals surface area contributed by atoms with Gasteiger partial charge < -0.3 is 9.88 Å². The molecule has 4 rings (SSSR count). The standard InChI is InChI=1S/C21H17FN4O/c1-13-23-12-19(26(13)2)15-3-4-16-11-24-20(10-17(16)9-15)25-21(27)14-5-7-18(22)8-6-14/h3-12H,1-2H3,(H,24,25,27)/i5D,6D,7D,8D. The topological polar surface area (TPSA) is 59.8 Å². The molecule has 0 aliphatic heterocycles. The van der Waals surface area contributed by atoms with Crippen molar-refractivity contribution in [1.29, 1.82) is 0 Å². The van der Waals surface area contributed by atoms with Crippen LogP contribution in [0.4, 0.5) is 10.2 Å². The summed E-state index contributed by atoms with van der Waals surface area (Å²) in [5.41, 5.74) is 1.31. The molecule has 0 aliphatic carbocycles. The van der Waals surface area contributed by atoms with Crippen molar-refractivity contribution in [3.8, 4) is 11.3 Å². The maximum Gasteiger partial charge on any atom is 0.256 e. The van der Waals surface area contributed by atoms with Gasteiger partial charge in [0, 0.05) is 29.8 Å². The number of carbonyl (C=O) groups excluding carboxylic acids is 1. The molecular weight excluding hydrogens is 343 g/mol. The minimum atomic E-state index is -1.30. The van der Waals surface area contributed by atoms with Gasteiger partial charge >= 0.3 is 0 Å². The van der Waals surface area contributed by atoms with Gasteiger partial charge in [-0.3, -0.25) is 4.79 Å².